The standard InChI is InChI=1S/C27H26Cl2N2O3S/c1-6-18(3)24(13-9-10-20-14-17(2)15-21(16-20)35(5,33)34)31-27(22-11-7-8-12-23(22)28)25(29)26(30-31)19(4)32/h1,7-9,11-16,19,32H,10H2,2-5H3/b13-9-,24-18+. The number of aromatic nitrogens is 2. The Bertz CT molecular complexity index is 1480. The highest BCUT2D eigenvalue weighted by Crippen LogP contribution is 2.39. The lowest BCUT2D eigenvalue weighted by Crippen LogP contribution is -2.04. The summed E-state index contributed by atoms with van der Waals surface area (Å²) in [5.41, 5.74) is 4.32. The van der Waals surface area contributed by atoms with E-state index in [1.54, 1.807) is 36.7 Å². The predicted molar refractivity (Wildman–Crippen MR) is 143 cm³/mol. The third-order valence-electron chi connectivity index (χ3n) is 5.37. The Kier molecular flexibility index (Phi) is 8.30. The Hall–Kier alpha value is -2.82. The summed E-state index contributed by atoms with van der Waals surface area (Å²) >= 11 is 13.1. The topological polar surface area (TPSA) is 72.2 Å². The van der Waals surface area contributed by atoms with Crippen LogP contribution in [0.1, 0.15) is 36.8 Å². The molecule has 3 rings (SSSR count). The van der Waals surface area contributed by atoms with Crippen LogP contribution in [0, 0.1) is 19.3 Å². The van der Waals surface area contributed by atoms with Crippen LogP contribution >= 0.6 is 23.2 Å². The average Bonchev–Trinajstić information content (AvgIpc) is 3.12. The van der Waals surface area contributed by atoms with E-state index in [9.17, 15) is 13.5 Å². The summed E-state index contributed by atoms with van der Waals surface area (Å²) in [5.74, 6) is 2.65. The molecule has 0 aliphatic carbocycles. The summed E-state index contributed by atoms with van der Waals surface area (Å²) in [7, 11) is -3.33. The fraction of sp³-hybridized carbons (Fsp3) is 0.222. The molecule has 182 valence electrons. The van der Waals surface area contributed by atoms with Crippen molar-refractivity contribution >= 4 is 38.7 Å². The second kappa shape index (κ2) is 10.8. The smallest absolute Gasteiger partial charge is 0.175 e. The quantitative estimate of drug-likeness (QED) is 0.289. The van der Waals surface area contributed by atoms with Crippen LogP contribution in [0.15, 0.2) is 65.1 Å². The van der Waals surface area contributed by atoms with Gasteiger partial charge in [0.1, 0.15) is 5.69 Å². The van der Waals surface area contributed by atoms with Gasteiger partial charge in [0.15, 0.2) is 9.84 Å². The number of hydrogen-bond acceptors (Lipinski definition) is 4. The molecular formula is C27H26Cl2N2O3S. The van der Waals surface area contributed by atoms with E-state index in [1.807, 2.05) is 43.3 Å². The largest absolute Gasteiger partial charge is 0.387 e. The van der Waals surface area contributed by atoms with Crippen molar-refractivity contribution in [2.24, 2.45) is 0 Å². The molecule has 1 heterocycles. The van der Waals surface area contributed by atoms with Gasteiger partial charge in [-0.2, -0.15) is 5.10 Å². The van der Waals surface area contributed by atoms with Crippen molar-refractivity contribution in [3.05, 3.63) is 87.1 Å². The van der Waals surface area contributed by atoms with Crippen molar-refractivity contribution in [3.63, 3.8) is 0 Å². The van der Waals surface area contributed by atoms with Crippen LogP contribution in [0.3, 0.4) is 0 Å². The van der Waals surface area contributed by atoms with Gasteiger partial charge in [-0.25, -0.2) is 13.1 Å². The van der Waals surface area contributed by atoms with Gasteiger partial charge in [-0.15, -0.1) is 6.42 Å². The highest BCUT2D eigenvalue weighted by Gasteiger charge is 2.24. The summed E-state index contributed by atoms with van der Waals surface area (Å²) in [6, 6.07) is 12.5. The molecule has 0 spiro atoms. The second-order valence-electron chi connectivity index (χ2n) is 8.30. The maximum Gasteiger partial charge on any atom is 0.175 e. The van der Waals surface area contributed by atoms with Crippen LogP contribution in [0.25, 0.3) is 17.0 Å². The van der Waals surface area contributed by atoms with Crippen molar-refractivity contribution in [3.8, 4) is 23.6 Å². The van der Waals surface area contributed by atoms with E-state index >= 15 is 0 Å². The minimum Gasteiger partial charge on any atom is -0.387 e. The minimum absolute atomic E-state index is 0.276. The lowest BCUT2D eigenvalue weighted by Gasteiger charge is -2.12. The molecule has 0 aliphatic rings. The number of sulfone groups is 1. The van der Waals surface area contributed by atoms with E-state index in [2.05, 4.69) is 11.0 Å². The number of rotatable bonds is 7. The third-order valence-corrected chi connectivity index (χ3v) is 7.17. The number of aliphatic hydroxyl groups is 1. The van der Waals surface area contributed by atoms with Crippen molar-refractivity contribution in [2.75, 3.05) is 6.26 Å². The first kappa shape index (κ1) is 26.8. The molecule has 1 atom stereocenters. The molecule has 5 nitrogen and oxygen atoms in total. The Morgan fingerprint density at radius 1 is 1.26 bits per heavy atom. The highest BCUT2D eigenvalue weighted by molar-refractivity contribution is 7.90. The van der Waals surface area contributed by atoms with Gasteiger partial charge < -0.3 is 5.11 Å². The zero-order valence-corrected chi connectivity index (χ0v) is 22.2. The minimum atomic E-state index is -3.33. The van der Waals surface area contributed by atoms with Gasteiger partial charge in [-0.05, 0) is 62.6 Å². The van der Waals surface area contributed by atoms with Gasteiger partial charge >= 0.3 is 0 Å². The monoisotopic (exact) mass is 528 g/mol. The van der Waals surface area contributed by atoms with Gasteiger partial charge in [0.2, 0.25) is 0 Å². The number of aliphatic hydroxyl groups excluding tert-OH is 1. The van der Waals surface area contributed by atoms with Crippen LogP contribution in [-0.2, 0) is 16.3 Å². The van der Waals surface area contributed by atoms with Crippen molar-refractivity contribution in [1.29, 1.82) is 0 Å². The van der Waals surface area contributed by atoms with Crippen LogP contribution in [0.4, 0.5) is 0 Å². The molecule has 0 radical (unpaired) electrons. The van der Waals surface area contributed by atoms with Gasteiger partial charge in [-0.1, -0.05) is 59.5 Å². The van der Waals surface area contributed by atoms with Crippen LogP contribution < -0.4 is 0 Å². The van der Waals surface area contributed by atoms with Gasteiger partial charge in [0.25, 0.3) is 0 Å². The van der Waals surface area contributed by atoms with Crippen LogP contribution in [-0.4, -0.2) is 29.6 Å². The number of terminal acetylenes is 1. The van der Waals surface area contributed by atoms with Crippen molar-refractivity contribution in [2.45, 2.75) is 38.2 Å². The Balaban J connectivity index is 2.13. The molecule has 35 heavy (non-hydrogen) atoms. The number of aryl methyl sites for hydroxylation is 1. The number of nitrogens with zero attached hydrogens (tertiary/aromatic N) is 2. The van der Waals surface area contributed by atoms with E-state index in [4.69, 9.17) is 29.6 Å². The molecule has 2 aromatic carbocycles. The Morgan fingerprint density at radius 2 is 1.94 bits per heavy atom. The van der Waals surface area contributed by atoms with Crippen molar-refractivity contribution < 1.29 is 13.5 Å². The molecule has 0 fully saturated rings. The summed E-state index contributed by atoms with van der Waals surface area (Å²) in [6.07, 6.45) is 10.2. The maximum atomic E-state index is 12.0. The van der Waals surface area contributed by atoms with E-state index < -0.39 is 15.9 Å². The Morgan fingerprint density at radius 3 is 2.54 bits per heavy atom. The molecule has 0 amide bonds. The molecule has 1 N–H and O–H groups in total. The molecular weight excluding hydrogens is 503 g/mol. The first-order chi connectivity index (χ1) is 16.4. The van der Waals surface area contributed by atoms with E-state index in [0.29, 0.717) is 39.7 Å². The summed E-state index contributed by atoms with van der Waals surface area (Å²) in [6.45, 7) is 5.22. The Labute approximate surface area is 216 Å². The molecule has 1 unspecified atom stereocenters. The van der Waals surface area contributed by atoms with Gasteiger partial charge in [0, 0.05) is 17.4 Å². The zero-order chi connectivity index (χ0) is 25.9. The number of benzene rings is 2. The number of hydrogen-bond donors (Lipinski definition) is 1. The normalized spacial score (nSPS) is 13.5. The molecule has 1 aromatic heterocycles. The van der Waals surface area contributed by atoms with Crippen molar-refractivity contribution in [1.82, 2.24) is 9.78 Å². The summed E-state index contributed by atoms with van der Waals surface area (Å²) in [5, 5.41) is 15.6. The van der Waals surface area contributed by atoms with Gasteiger partial charge in [0.05, 0.1) is 32.4 Å². The van der Waals surface area contributed by atoms with Gasteiger partial charge in [-0.3, -0.25) is 0 Å². The number of halogens is 2. The lowest BCUT2D eigenvalue weighted by molar-refractivity contribution is 0.194. The number of allylic oxidation sites excluding steroid dienone is 4. The SMILES string of the molecule is C#C/C(C)=C(\C=C/Cc1cc(C)cc(S(C)(=O)=O)c1)n1nc(C(C)O)c(Cl)c1-c1ccccc1Cl. The average molecular weight is 529 g/mol. The maximum absolute atomic E-state index is 12.0. The highest BCUT2D eigenvalue weighted by atomic mass is 35.5. The predicted octanol–water partition coefficient (Wildman–Crippen LogP) is 6.29. The molecule has 8 heteroatoms. The van der Waals surface area contributed by atoms with Crippen LogP contribution in [0.2, 0.25) is 10.0 Å². The zero-order valence-electron chi connectivity index (χ0n) is 19.9. The second-order valence-corrected chi connectivity index (χ2v) is 11.1. The van der Waals surface area contributed by atoms with E-state index in [1.165, 1.54) is 6.26 Å². The lowest BCUT2D eigenvalue weighted by atomic mass is 10.1. The van der Waals surface area contributed by atoms with E-state index in [0.717, 1.165) is 11.1 Å². The fourth-order valence-electron chi connectivity index (χ4n) is 3.63. The first-order valence-electron chi connectivity index (χ1n) is 10.8. The molecule has 0 bridgehead atoms. The molecule has 3 aromatic rings. The van der Waals surface area contributed by atoms with E-state index in [-0.39, 0.29) is 9.92 Å². The molecule has 0 saturated heterocycles. The summed E-state index contributed by atoms with van der Waals surface area (Å²) in [4.78, 5) is 0.276. The first-order valence-corrected chi connectivity index (χ1v) is 13.4. The fourth-order valence-corrected chi connectivity index (χ4v) is 5.00. The summed E-state index contributed by atoms with van der Waals surface area (Å²) < 4.78 is 25.6. The third kappa shape index (κ3) is 6.06. The molecule has 0 saturated carbocycles. The van der Waals surface area contributed by atoms with Crippen LogP contribution in [0.5, 0.6) is 0 Å². The molecule has 0 aliphatic heterocycles.